The Labute approximate surface area is 202 Å². The number of benzene rings is 2. The number of alkyl halides is 6. The van der Waals surface area contributed by atoms with E-state index in [1.807, 2.05) is 0 Å². The summed E-state index contributed by atoms with van der Waals surface area (Å²) in [6, 6.07) is 6.19. The second-order valence-electron chi connectivity index (χ2n) is 9.81. The van der Waals surface area contributed by atoms with Crippen molar-refractivity contribution in [2.45, 2.75) is 77.3 Å². The molecule has 1 N–H and O–H groups in total. The average Bonchev–Trinajstić information content (AvgIpc) is 3.47. The predicted octanol–water partition coefficient (Wildman–Crippen LogP) is 7.52. The molecule has 35 heavy (non-hydrogen) atoms. The molecule has 0 unspecified atom stereocenters. The third-order valence-corrected chi connectivity index (χ3v) is 7.26. The molecule has 0 amide bonds. The molecule has 0 bridgehead atoms. The lowest BCUT2D eigenvalue weighted by atomic mass is 10.0. The normalized spacial score (nSPS) is 16.7. The number of halogens is 6. The highest BCUT2D eigenvalue weighted by molar-refractivity contribution is 5.59. The van der Waals surface area contributed by atoms with Crippen LogP contribution in [0.1, 0.15) is 72.4 Å². The summed E-state index contributed by atoms with van der Waals surface area (Å²) < 4.78 is 79.2. The van der Waals surface area contributed by atoms with E-state index in [0.29, 0.717) is 12.5 Å². The van der Waals surface area contributed by atoms with Gasteiger partial charge in [0.15, 0.2) is 0 Å². The Morgan fingerprint density at radius 3 is 1.97 bits per heavy atom. The molecule has 0 aromatic heterocycles. The molecule has 2 aromatic carbocycles. The highest BCUT2D eigenvalue weighted by Gasteiger charge is 2.36. The van der Waals surface area contributed by atoms with Crippen LogP contribution in [0, 0.1) is 5.92 Å². The molecule has 1 fully saturated rings. The van der Waals surface area contributed by atoms with Gasteiger partial charge in [-0.3, -0.25) is 0 Å². The summed E-state index contributed by atoms with van der Waals surface area (Å²) in [6.07, 6.45) is -1.56. The van der Waals surface area contributed by atoms with E-state index in [1.165, 1.54) is 36.8 Å². The lowest BCUT2D eigenvalue weighted by Crippen LogP contribution is -2.30. The minimum Gasteiger partial charge on any atom is -0.371 e. The van der Waals surface area contributed by atoms with Crippen molar-refractivity contribution in [3.8, 4) is 0 Å². The maximum absolute atomic E-state index is 13.2. The van der Waals surface area contributed by atoms with Gasteiger partial charge in [0, 0.05) is 31.9 Å². The largest absolute Gasteiger partial charge is 0.416 e. The summed E-state index contributed by atoms with van der Waals surface area (Å²) in [5, 5.41) is 3.12. The first-order valence-electron chi connectivity index (χ1n) is 12.4. The van der Waals surface area contributed by atoms with Gasteiger partial charge in [0.25, 0.3) is 0 Å². The quantitative estimate of drug-likeness (QED) is 0.379. The third kappa shape index (κ3) is 6.32. The van der Waals surface area contributed by atoms with Gasteiger partial charge in [0.2, 0.25) is 0 Å². The summed E-state index contributed by atoms with van der Waals surface area (Å²) in [5.41, 5.74) is 2.23. The number of hydrogen-bond donors (Lipinski definition) is 1. The van der Waals surface area contributed by atoms with Crippen LogP contribution in [0.4, 0.5) is 32.0 Å². The molecular formula is C27H32F6N2. The van der Waals surface area contributed by atoms with Crippen molar-refractivity contribution in [3.05, 3.63) is 63.7 Å². The number of fused-ring (bicyclic) bond motifs is 1. The van der Waals surface area contributed by atoms with Crippen LogP contribution in [-0.4, -0.2) is 13.1 Å². The lowest BCUT2D eigenvalue weighted by Gasteiger charge is -2.29. The number of hydrogen-bond acceptors (Lipinski definition) is 2. The predicted molar refractivity (Wildman–Crippen MR) is 125 cm³/mol. The van der Waals surface area contributed by atoms with Gasteiger partial charge in [-0.1, -0.05) is 18.9 Å². The Hall–Kier alpha value is -2.22. The van der Waals surface area contributed by atoms with Crippen LogP contribution in [0.25, 0.3) is 0 Å². The van der Waals surface area contributed by atoms with Gasteiger partial charge in [0.1, 0.15) is 0 Å². The number of nitrogens with zero attached hydrogens (tertiary/aromatic N) is 1. The standard InChI is InChI=1S/C27H32F6N2/c1-2-35(17-18-6-3-4-7-18)25-13-21-9-5-8-20(21)12-22(25)16-34-15-19-10-23(26(28,29)30)14-24(11-19)27(31,32)33/h10-14,18,34H,2-9,15-17H2,1H3. The van der Waals surface area contributed by atoms with Gasteiger partial charge in [-0.05, 0) is 91.5 Å². The van der Waals surface area contributed by atoms with Gasteiger partial charge >= 0.3 is 12.4 Å². The first-order chi connectivity index (χ1) is 16.5. The highest BCUT2D eigenvalue weighted by atomic mass is 19.4. The molecule has 0 atom stereocenters. The van der Waals surface area contributed by atoms with Crippen LogP contribution in [0.2, 0.25) is 0 Å². The summed E-state index contributed by atoms with van der Waals surface area (Å²) in [5.74, 6) is 0.662. The highest BCUT2D eigenvalue weighted by Crippen LogP contribution is 2.37. The Morgan fingerprint density at radius 2 is 1.40 bits per heavy atom. The van der Waals surface area contributed by atoms with Crippen molar-refractivity contribution in [1.82, 2.24) is 5.32 Å². The molecule has 1 saturated carbocycles. The molecule has 8 heteroatoms. The van der Waals surface area contributed by atoms with Gasteiger partial charge in [0.05, 0.1) is 11.1 Å². The van der Waals surface area contributed by atoms with E-state index in [0.717, 1.165) is 55.7 Å². The van der Waals surface area contributed by atoms with Gasteiger partial charge < -0.3 is 10.2 Å². The lowest BCUT2D eigenvalue weighted by molar-refractivity contribution is -0.143. The topological polar surface area (TPSA) is 15.3 Å². The molecule has 192 valence electrons. The fourth-order valence-corrected chi connectivity index (χ4v) is 5.46. The van der Waals surface area contributed by atoms with E-state index in [9.17, 15) is 26.3 Å². The molecule has 2 aliphatic carbocycles. The van der Waals surface area contributed by atoms with Crippen molar-refractivity contribution in [2.75, 3.05) is 18.0 Å². The first-order valence-corrected chi connectivity index (χ1v) is 12.4. The van der Waals surface area contributed by atoms with Crippen molar-refractivity contribution in [3.63, 3.8) is 0 Å². The van der Waals surface area contributed by atoms with E-state index >= 15 is 0 Å². The van der Waals surface area contributed by atoms with Crippen molar-refractivity contribution in [1.29, 1.82) is 0 Å². The molecule has 2 aromatic rings. The van der Waals surface area contributed by atoms with E-state index in [1.54, 1.807) is 0 Å². The minimum absolute atomic E-state index is 0.0341. The maximum Gasteiger partial charge on any atom is 0.416 e. The van der Waals surface area contributed by atoms with Gasteiger partial charge in [-0.2, -0.15) is 26.3 Å². The molecule has 0 heterocycles. The average molecular weight is 499 g/mol. The van der Waals surface area contributed by atoms with Crippen LogP contribution in [-0.2, 0) is 38.3 Å². The molecule has 4 rings (SSSR count). The maximum atomic E-state index is 13.2. The number of rotatable bonds is 8. The number of aryl methyl sites for hydroxylation is 2. The van der Waals surface area contributed by atoms with Crippen LogP contribution >= 0.6 is 0 Å². The molecule has 0 aliphatic heterocycles. The van der Waals surface area contributed by atoms with E-state index < -0.39 is 23.5 Å². The Kier molecular flexibility index (Phi) is 7.69. The summed E-state index contributed by atoms with van der Waals surface area (Å²) >= 11 is 0. The molecule has 0 spiro atoms. The summed E-state index contributed by atoms with van der Waals surface area (Å²) in [4.78, 5) is 2.39. The molecular weight excluding hydrogens is 466 g/mol. The number of anilines is 1. The summed E-state index contributed by atoms with van der Waals surface area (Å²) in [7, 11) is 0. The van der Waals surface area contributed by atoms with Crippen molar-refractivity contribution >= 4 is 5.69 Å². The molecule has 2 aliphatic rings. The molecule has 0 radical (unpaired) electrons. The summed E-state index contributed by atoms with van der Waals surface area (Å²) in [6.45, 7) is 4.25. The van der Waals surface area contributed by atoms with Crippen LogP contribution in [0.3, 0.4) is 0 Å². The fourth-order valence-electron chi connectivity index (χ4n) is 5.46. The minimum atomic E-state index is -4.84. The first kappa shape index (κ1) is 25.9. The SMILES string of the molecule is CCN(CC1CCCC1)c1cc2c(cc1CNCc1cc(C(F)(F)F)cc(C(F)(F)F)c1)CCC2. The second-order valence-corrected chi connectivity index (χ2v) is 9.81. The van der Waals surface area contributed by atoms with E-state index in [4.69, 9.17) is 0 Å². The van der Waals surface area contributed by atoms with Gasteiger partial charge in [-0.25, -0.2) is 0 Å². The zero-order valence-corrected chi connectivity index (χ0v) is 20.0. The molecule has 0 saturated heterocycles. The van der Waals surface area contributed by atoms with Crippen LogP contribution in [0.5, 0.6) is 0 Å². The molecule has 2 nitrogen and oxygen atoms in total. The third-order valence-electron chi connectivity index (χ3n) is 7.26. The fraction of sp³-hybridized carbons (Fsp3) is 0.556. The second kappa shape index (κ2) is 10.4. The Balaban J connectivity index is 1.55. The smallest absolute Gasteiger partial charge is 0.371 e. The zero-order chi connectivity index (χ0) is 25.2. The van der Waals surface area contributed by atoms with Gasteiger partial charge in [-0.15, -0.1) is 0 Å². The van der Waals surface area contributed by atoms with E-state index in [2.05, 4.69) is 29.3 Å². The van der Waals surface area contributed by atoms with Crippen LogP contribution in [0.15, 0.2) is 30.3 Å². The van der Waals surface area contributed by atoms with E-state index in [-0.39, 0.29) is 18.2 Å². The monoisotopic (exact) mass is 498 g/mol. The Bertz CT molecular complexity index is 989. The number of nitrogens with one attached hydrogen (secondary N) is 1. The Morgan fingerprint density at radius 1 is 0.800 bits per heavy atom. The van der Waals surface area contributed by atoms with Crippen LogP contribution < -0.4 is 10.2 Å². The van der Waals surface area contributed by atoms with Crippen molar-refractivity contribution in [2.24, 2.45) is 5.92 Å². The zero-order valence-electron chi connectivity index (χ0n) is 20.0. The van der Waals surface area contributed by atoms with Crippen molar-refractivity contribution < 1.29 is 26.3 Å².